The van der Waals surface area contributed by atoms with Crippen LogP contribution in [0.15, 0.2) is 53.4 Å². The van der Waals surface area contributed by atoms with E-state index in [9.17, 15) is 18.0 Å². The van der Waals surface area contributed by atoms with Crippen LogP contribution in [0, 0.1) is 6.92 Å². The van der Waals surface area contributed by atoms with Crippen LogP contribution >= 0.6 is 0 Å². The van der Waals surface area contributed by atoms with Gasteiger partial charge in [0.05, 0.1) is 11.4 Å². The van der Waals surface area contributed by atoms with Crippen molar-refractivity contribution in [3.63, 3.8) is 0 Å². The van der Waals surface area contributed by atoms with Gasteiger partial charge < -0.3 is 10.2 Å². The second kappa shape index (κ2) is 9.62. The van der Waals surface area contributed by atoms with Crippen LogP contribution in [0.1, 0.15) is 42.1 Å². The van der Waals surface area contributed by atoms with Gasteiger partial charge in [-0.1, -0.05) is 24.1 Å². The lowest BCUT2D eigenvalue weighted by molar-refractivity contribution is -0.116. The van der Waals surface area contributed by atoms with Gasteiger partial charge in [0.25, 0.3) is 5.91 Å². The fraction of sp³-hybridized carbons (Fsp3) is 0.391. The topological polar surface area (TPSA) is 86.8 Å². The summed E-state index contributed by atoms with van der Waals surface area (Å²) in [6, 6.07) is 13.3. The van der Waals surface area contributed by atoms with Crippen LogP contribution in [-0.4, -0.2) is 55.6 Å². The number of hydrogen-bond acceptors (Lipinski definition) is 4. The molecule has 0 radical (unpaired) electrons. The third-order valence-electron chi connectivity index (χ3n) is 5.51. The Balaban J connectivity index is 1.63. The molecule has 3 rings (SSSR count). The number of anilines is 1. The first-order valence-corrected chi connectivity index (χ1v) is 11.9. The number of hydrogen-bond donors (Lipinski definition) is 1. The van der Waals surface area contributed by atoms with E-state index in [1.54, 1.807) is 12.1 Å². The highest BCUT2D eigenvalue weighted by molar-refractivity contribution is 7.89. The maximum Gasteiger partial charge on any atom is 0.254 e. The number of rotatable bonds is 6. The summed E-state index contributed by atoms with van der Waals surface area (Å²) >= 11 is 0. The van der Waals surface area contributed by atoms with Crippen LogP contribution in [0.5, 0.6) is 0 Å². The SMILES string of the molecule is Cc1ccc(NC(=O)CN(C)C(=O)c2ccc(S(=O)(=O)N3CCCC[C@@H]3C)cc2)cc1. The number of aryl methyl sites for hydroxylation is 1. The number of carbonyl (C=O) groups is 2. The standard InChI is InChI=1S/C23H29N3O4S/c1-17-7-11-20(12-8-17)24-22(27)16-25(3)23(28)19-9-13-21(14-10-19)31(29,30)26-15-5-4-6-18(26)2/h7-14,18H,4-6,15-16H2,1-3H3,(H,24,27)/t18-/m0/s1. The monoisotopic (exact) mass is 443 g/mol. The summed E-state index contributed by atoms with van der Waals surface area (Å²) in [5, 5.41) is 2.76. The van der Waals surface area contributed by atoms with Gasteiger partial charge in [0, 0.05) is 30.9 Å². The molecule has 0 unspecified atom stereocenters. The molecular formula is C23H29N3O4S. The van der Waals surface area contributed by atoms with Gasteiger partial charge in [0.15, 0.2) is 0 Å². The van der Waals surface area contributed by atoms with Gasteiger partial charge in [-0.15, -0.1) is 0 Å². The Labute approximate surface area is 184 Å². The first kappa shape index (κ1) is 23.0. The van der Waals surface area contributed by atoms with Crippen LogP contribution in [0.3, 0.4) is 0 Å². The molecule has 166 valence electrons. The zero-order valence-corrected chi connectivity index (χ0v) is 19.0. The Bertz CT molecular complexity index is 1030. The number of benzene rings is 2. The van der Waals surface area contributed by atoms with E-state index < -0.39 is 10.0 Å². The minimum absolute atomic E-state index is 0.0294. The van der Waals surface area contributed by atoms with E-state index >= 15 is 0 Å². The van der Waals surface area contributed by atoms with Crippen molar-refractivity contribution in [2.24, 2.45) is 0 Å². The molecule has 1 saturated heterocycles. The van der Waals surface area contributed by atoms with Crippen LogP contribution in [0.2, 0.25) is 0 Å². The van der Waals surface area contributed by atoms with Gasteiger partial charge in [-0.2, -0.15) is 4.31 Å². The van der Waals surface area contributed by atoms with Gasteiger partial charge in [0.2, 0.25) is 15.9 Å². The van der Waals surface area contributed by atoms with Crippen molar-refractivity contribution in [2.45, 2.75) is 44.0 Å². The van der Waals surface area contributed by atoms with Crippen LogP contribution in [0.25, 0.3) is 0 Å². The predicted octanol–water partition coefficient (Wildman–Crippen LogP) is 3.27. The van der Waals surface area contributed by atoms with E-state index in [-0.39, 0.29) is 29.3 Å². The molecule has 1 fully saturated rings. The lowest BCUT2D eigenvalue weighted by Crippen LogP contribution is -2.41. The fourth-order valence-electron chi connectivity index (χ4n) is 3.68. The highest BCUT2D eigenvalue weighted by Crippen LogP contribution is 2.25. The summed E-state index contributed by atoms with van der Waals surface area (Å²) in [7, 11) is -2.05. The minimum Gasteiger partial charge on any atom is -0.332 e. The van der Waals surface area contributed by atoms with E-state index in [1.165, 1.54) is 40.5 Å². The molecule has 0 saturated carbocycles. The minimum atomic E-state index is -3.59. The molecule has 1 atom stereocenters. The van der Waals surface area contributed by atoms with Crippen molar-refractivity contribution in [1.82, 2.24) is 9.21 Å². The molecule has 7 nitrogen and oxygen atoms in total. The Morgan fingerprint density at radius 3 is 2.32 bits per heavy atom. The maximum absolute atomic E-state index is 12.9. The molecule has 1 heterocycles. The molecule has 0 spiro atoms. The average Bonchev–Trinajstić information content (AvgIpc) is 2.75. The van der Waals surface area contributed by atoms with Gasteiger partial charge in [0.1, 0.15) is 0 Å². The summed E-state index contributed by atoms with van der Waals surface area (Å²) in [6.45, 7) is 4.29. The van der Waals surface area contributed by atoms with E-state index in [0.717, 1.165) is 24.8 Å². The average molecular weight is 444 g/mol. The number of amides is 2. The van der Waals surface area contributed by atoms with Gasteiger partial charge in [-0.3, -0.25) is 9.59 Å². The normalized spacial score (nSPS) is 17.2. The molecular weight excluding hydrogens is 414 g/mol. The highest BCUT2D eigenvalue weighted by atomic mass is 32.2. The largest absolute Gasteiger partial charge is 0.332 e. The smallest absolute Gasteiger partial charge is 0.254 e. The van der Waals surface area contributed by atoms with Crippen molar-refractivity contribution in [3.05, 3.63) is 59.7 Å². The summed E-state index contributed by atoms with van der Waals surface area (Å²) in [4.78, 5) is 26.4. The second-order valence-electron chi connectivity index (χ2n) is 8.06. The van der Waals surface area contributed by atoms with Gasteiger partial charge in [-0.25, -0.2) is 8.42 Å². The molecule has 0 aliphatic carbocycles. The van der Waals surface area contributed by atoms with Gasteiger partial charge >= 0.3 is 0 Å². The second-order valence-corrected chi connectivity index (χ2v) is 9.95. The molecule has 2 aromatic rings. The van der Waals surface area contributed by atoms with Crippen molar-refractivity contribution in [1.29, 1.82) is 0 Å². The Morgan fingerprint density at radius 2 is 1.71 bits per heavy atom. The molecule has 31 heavy (non-hydrogen) atoms. The fourth-order valence-corrected chi connectivity index (χ4v) is 5.38. The maximum atomic E-state index is 12.9. The molecule has 1 aliphatic heterocycles. The Morgan fingerprint density at radius 1 is 1.06 bits per heavy atom. The first-order chi connectivity index (χ1) is 14.7. The molecule has 2 amide bonds. The number of piperidine rings is 1. The van der Waals surface area contributed by atoms with E-state index in [2.05, 4.69) is 5.32 Å². The molecule has 0 aromatic heterocycles. The Hall–Kier alpha value is -2.71. The number of nitrogens with zero attached hydrogens (tertiary/aromatic N) is 2. The number of nitrogens with one attached hydrogen (secondary N) is 1. The number of sulfonamides is 1. The Kier molecular flexibility index (Phi) is 7.12. The van der Waals surface area contributed by atoms with Crippen molar-refractivity contribution in [2.75, 3.05) is 25.5 Å². The zero-order valence-electron chi connectivity index (χ0n) is 18.2. The van der Waals surface area contributed by atoms with Gasteiger partial charge in [-0.05, 0) is 63.1 Å². The summed E-state index contributed by atoms with van der Waals surface area (Å²) in [6.07, 6.45) is 2.74. The molecule has 1 aliphatic rings. The lowest BCUT2D eigenvalue weighted by Gasteiger charge is -2.32. The van der Waals surface area contributed by atoms with Crippen molar-refractivity contribution < 1.29 is 18.0 Å². The van der Waals surface area contributed by atoms with E-state index in [1.807, 2.05) is 26.0 Å². The van der Waals surface area contributed by atoms with Crippen LogP contribution in [-0.2, 0) is 14.8 Å². The summed E-state index contributed by atoms with van der Waals surface area (Å²) in [5.74, 6) is -0.660. The summed E-state index contributed by atoms with van der Waals surface area (Å²) < 4.78 is 27.4. The molecule has 2 aromatic carbocycles. The van der Waals surface area contributed by atoms with E-state index in [0.29, 0.717) is 17.8 Å². The van der Waals surface area contributed by atoms with Crippen LogP contribution in [0.4, 0.5) is 5.69 Å². The third-order valence-corrected chi connectivity index (χ3v) is 7.54. The quantitative estimate of drug-likeness (QED) is 0.742. The van der Waals surface area contributed by atoms with E-state index in [4.69, 9.17) is 0 Å². The highest BCUT2D eigenvalue weighted by Gasteiger charge is 2.31. The zero-order chi connectivity index (χ0) is 22.6. The molecule has 0 bridgehead atoms. The number of carbonyl (C=O) groups excluding carboxylic acids is 2. The molecule has 8 heteroatoms. The van der Waals surface area contributed by atoms with Crippen LogP contribution < -0.4 is 5.32 Å². The lowest BCUT2D eigenvalue weighted by atomic mass is 10.1. The third kappa shape index (κ3) is 5.51. The van der Waals surface area contributed by atoms with Crippen molar-refractivity contribution >= 4 is 27.5 Å². The first-order valence-electron chi connectivity index (χ1n) is 10.4. The number of likely N-dealkylation sites (N-methyl/N-ethyl adjacent to an activating group) is 1. The predicted molar refractivity (Wildman–Crippen MR) is 120 cm³/mol. The van der Waals surface area contributed by atoms with Crippen molar-refractivity contribution in [3.8, 4) is 0 Å². The molecule has 1 N–H and O–H groups in total. The summed E-state index contributed by atoms with van der Waals surface area (Å²) in [5.41, 5.74) is 2.08.